The minimum absolute atomic E-state index is 0.207. The molecule has 11 heteroatoms. The molecule has 130 valence electrons. The van der Waals surface area contributed by atoms with Crippen molar-refractivity contribution < 1.29 is 14.7 Å². The molecule has 0 saturated carbocycles. The van der Waals surface area contributed by atoms with Crippen LogP contribution in [0.25, 0.3) is 10.4 Å². The van der Waals surface area contributed by atoms with Crippen molar-refractivity contribution in [2.45, 2.75) is 44.4 Å². The Morgan fingerprint density at radius 2 is 2.33 bits per heavy atom. The first-order valence-electron chi connectivity index (χ1n) is 7.58. The number of fused-ring (bicyclic) bond motifs is 1. The summed E-state index contributed by atoms with van der Waals surface area (Å²) in [5.74, 6) is 0. The highest BCUT2D eigenvalue weighted by Crippen LogP contribution is 2.35. The van der Waals surface area contributed by atoms with Gasteiger partial charge >= 0.3 is 5.69 Å². The van der Waals surface area contributed by atoms with Gasteiger partial charge in [0.2, 0.25) is 0 Å². The summed E-state index contributed by atoms with van der Waals surface area (Å²) in [4.78, 5) is 28.3. The maximum Gasteiger partial charge on any atom is 0.330 e. The van der Waals surface area contributed by atoms with Gasteiger partial charge in [0.25, 0.3) is 5.56 Å². The molecule has 1 unspecified atom stereocenters. The van der Waals surface area contributed by atoms with Gasteiger partial charge in [-0.15, -0.1) is 0 Å². The molecule has 11 nitrogen and oxygen atoms in total. The lowest BCUT2D eigenvalue weighted by Crippen LogP contribution is -2.53. The molecule has 0 aliphatic carbocycles. The van der Waals surface area contributed by atoms with Crippen LogP contribution in [0.3, 0.4) is 0 Å². The van der Waals surface area contributed by atoms with Gasteiger partial charge in [-0.2, -0.15) is 5.06 Å². The molecule has 2 aliphatic heterocycles. The number of aromatic nitrogens is 2. The zero-order valence-corrected chi connectivity index (χ0v) is 13.0. The van der Waals surface area contributed by atoms with Crippen LogP contribution in [0.5, 0.6) is 0 Å². The fourth-order valence-corrected chi connectivity index (χ4v) is 3.04. The highest BCUT2D eigenvalue weighted by atomic mass is 16.6. The van der Waals surface area contributed by atoms with Gasteiger partial charge in [-0.1, -0.05) is 5.11 Å². The van der Waals surface area contributed by atoms with Gasteiger partial charge in [0.1, 0.15) is 18.6 Å². The van der Waals surface area contributed by atoms with E-state index in [4.69, 9.17) is 15.0 Å². The van der Waals surface area contributed by atoms with E-state index in [0.29, 0.717) is 18.4 Å². The number of hydrogen-bond donors (Lipinski definition) is 2. The largest absolute Gasteiger partial charge is 0.358 e. The van der Waals surface area contributed by atoms with E-state index in [1.165, 1.54) is 10.8 Å². The van der Waals surface area contributed by atoms with Crippen molar-refractivity contribution in [3.63, 3.8) is 0 Å². The van der Waals surface area contributed by atoms with E-state index in [0.717, 1.165) is 5.06 Å². The SMILES string of the molecule is Cc1cn([C@H]2C[C@@H]3[C@@H](COC(CCN=[N+]=[N-])N3O)O2)c(=O)[nH]c1=O. The van der Waals surface area contributed by atoms with E-state index >= 15 is 0 Å². The van der Waals surface area contributed by atoms with Gasteiger partial charge in [0.05, 0.1) is 12.6 Å². The van der Waals surface area contributed by atoms with E-state index in [1.807, 2.05) is 0 Å². The van der Waals surface area contributed by atoms with Gasteiger partial charge in [0, 0.05) is 29.6 Å². The monoisotopic (exact) mass is 338 g/mol. The van der Waals surface area contributed by atoms with E-state index < -0.39 is 29.8 Å². The molecule has 1 aromatic heterocycles. The third-order valence-electron chi connectivity index (χ3n) is 4.29. The van der Waals surface area contributed by atoms with Crippen molar-refractivity contribution in [3.05, 3.63) is 43.0 Å². The quantitative estimate of drug-likeness (QED) is 0.457. The molecule has 1 aromatic rings. The second-order valence-corrected chi connectivity index (χ2v) is 5.82. The van der Waals surface area contributed by atoms with Crippen molar-refractivity contribution >= 4 is 0 Å². The van der Waals surface area contributed by atoms with Crippen molar-refractivity contribution in [3.8, 4) is 0 Å². The van der Waals surface area contributed by atoms with E-state index in [9.17, 15) is 14.8 Å². The van der Waals surface area contributed by atoms with Crippen LogP contribution in [-0.2, 0) is 9.47 Å². The molecular weight excluding hydrogens is 320 g/mol. The third kappa shape index (κ3) is 3.07. The highest BCUT2D eigenvalue weighted by Gasteiger charge is 2.45. The van der Waals surface area contributed by atoms with Crippen LogP contribution in [0.1, 0.15) is 24.6 Å². The minimum Gasteiger partial charge on any atom is -0.358 e. The van der Waals surface area contributed by atoms with E-state index in [1.54, 1.807) is 6.92 Å². The highest BCUT2D eigenvalue weighted by molar-refractivity contribution is 5.02. The van der Waals surface area contributed by atoms with Crippen LogP contribution >= 0.6 is 0 Å². The fourth-order valence-electron chi connectivity index (χ4n) is 3.04. The molecule has 0 aromatic carbocycles. The number of ether oxygens (including phenoxy) is 2. The van der Waals surface area contributed by atoms with Crippen molar-refractivity contribution in [2.24, 2.45) is 5.11 Å². The summed E-state index contributed by atoms with van der Waals surface area (Å²) < 4.78 is 12.7. The van der Waals surface area contributed by atoms with Crippen LogP contribution in [0.4, 0.5) is 0 Å². The normalized spacial score (nSPS) is 29.9. The number of aromatic amines is 1. The second-order valence-electron chi connectivity index (χ2n) is 5.82. The number of aryl methyl sites for hydroxylation is 1. The van der Waals surface area contributed by atoms with E-state index in [-0.39, 0.29) is 19.2 Å². The third-order valence-corrected chi connectivity index (χ3v) is 4.29. The first-order valence-corrected chi connectivity index (χ1v) is 7.58. The van der Waals surface area contributed by atoms with Gasteiger partial charge in [-0.3, -0.25) is 14.3 Å². The molecule has 2 saturated heterocycles. The molecule has 2 aliphatic rings. The fraction of sp³-hybridized carbons (Fsp3) is 0.692. The van der Waals surface area contributed by atoms with Gasteiger partial charge in [-0.05, 0) is 18.9 Å². The maximum absolute atomic E-state index is 12.0. The van der Waals surface area contributed by atoms with E-state index in [2.05, 4.69) is 15.0 Å². The minimum atomic E-state index is -0.600. The number of H-pyrrole nitrogens is 1. The summed E-state index contributed by atoms with van der Waals surface area (Å²) in [6, 6.07) is -0.348. The predicted molar refractivity (Wildman–Crippen MR) is 80.4 cm³/mol. The number of rotatable bonds is 4. The van der Waals surface area contributed by atoms with Crippen LogP contribution in [0, 0.1) is 6.92 Å². The van der Waals surface area contributed by atoms with Crippen LogP contribution in [-0.4, -0.2) is 51.3 Å². The molecule has 24 heavy (non-hydrogen) atoms. The second kappa shape index (κ2) is 6.75. The first kappa shape index (κ1) is 16.7. The zero-order valence-electron chi connectivity index (χ0n) is 13.0. The summed E-state index contributed by atoms with van der Waals surface area (Å²) >= 11 is 0. The Bertz CT molecular complexity index is 769. The number of hydrogen-bond acceptors (Lipinski definition) is 7. The Morgan fingerprint density at radius 3 is 3.08 bits per heavy atom. The predicted octanol–water partition coefficient (Wildman–Crippen LogP) is 0.249. The average Bonchev–Trinajstić information content (AvgIpc) is 2.98. The topological polar surface area (TPSA) is 146 Å². The lowest BCUT2D eigenvalue weighted by molar-refractivity contribution is -0.285. The van der Waals surface area contributed by atoms with Crippen molar-refractivity contribution in [1.82, 2.24) is 14.6 Å². The summed E-state index contributed by atoms with van der Waals surface area (Å²) in [6.45, 7) is 2.07. The Labute approximate surface area is 136 Å². The Kier molecular flexibility index (Phi) is 4.69. The Morgan fingerprint density at radius 1 is 1.54 bits per heavy atom. The Balaban J connectivity index is 1.75. The summed E-state index contributed by atoms with van der Waals surface area (Å²) in [7, 11) is 0. The lowest BCUT2D eigenvalue weighted by Gasteiger charge is -2.37. The molecule has 4 atom stereocenters. The van der Waals surface area contributed by atoms with Crippen molar-refractivity contribution in [2.75, 3.05) is 13.2 Å². The molecular formula is C13H18N6O5. The summed E-state index contributed by atoms with van der Waals surface area (Å²) in [6.07, 6.45) is 0.588. The number of hydroxylamine groups is 2. The zero-order chi connectivity index (χ0) is 17.3. The molecule has 3 rings (SSSR count). The molecule has 0 amide bonds. The van der Waals surface area contributed by atoms with Gasteiger partial charge in [0.15, 0.2) is 0 Å². The number of nitrogens with one attached hydrogen (secondary N) is 1. The molecule has 0 radical (unpaired) electrons. The number of nitrogens with zero attached hydrogens (tertiary/aromatic N) is 5. The molecule has 2 N–H and O–H groups in total. The van der Waals surface area contributed by atoms with Gasteiger partial charge in [-0.25, -0.2) is 4.79 Å². The smallest absolute Gasteiger partial charge is 0.330 e. The molecule has 2 fully saturated rings. The Hall–Kier alpha value is -2.17. The van der Waals surface area contributed by atoms with Crippen LogP contribution in [0.15, 0.2) is 20.9 Å². The van der Waals surface area contributed by atoms with Crippen molar-refractivity contribution in [1.29, 1.82) is 0 Å². The maximum atomic E-state index is 12.0. The molecule has 0 bridgehead atoms. The summed E-state index contributed by atoms with van der Waals surface area (Å²) in [5.41, 5.74) is 7.72. The van der Waals surface area contributed by atoms with Crippen LogP contribution < -0.4 is 11.2 Å². The standard InChI is InChI=1S/C13H18N6O5/c1-7-5-18(13(21)16-12(7)20)11-4-8-9(24-11)6-23-10(19(8)22)2-3-15-17-14/h5,8-11,22H,2-4,6H2,1H3,(H,16,20,21)/t8-,9-,10?,11-/m1/s1. The lowest BCUT2D eigenvalue weighted by atomic mass is 10.1. The number of azide groups is 1. The average molecular weight is 338 g/mol. The van der Waals surface area contributed by atoms with Crippen LogP contribution in [0.2, 0.25) is 0 Å². The summed E-state index contributed by atoms with van der Waals surface area (Å²) in [5, 5.41) is 14.8. The molecule has 0 spiro atoms. The van der Waals surface area contributed by atoms with Gasteiger partial charge < -0.3 is 14.7 Å². The first-order chi connectivity index (χ1) is 11.5. The molecule has 3 heterocycles.